The van der Waals surface area contributed by atoms with E-state index in [1.807, 2.05) is 0 Å². The number of nitriles is 1. The van der Waals surface area contributed by atoms with Crippen molar-refractivity contribution < 1.29 is 37.5 Å². The first-order valence-electron chi connectivity index (χ1n) is 0.474. The molecule has 24 valence electrons. The van der Waals surface area contributed by atoms with Crippen LogP contribution in [0.15, 0.2) is 0 Å². The molecule has 0 aliphatic carbocycles. The zero-order valence-electron chi connectivity index (χ0n) is 1.75. The Hall–Kier alpha value is 0.724. The Morgan fingerprint density at radius 2 is 1.75 bits per heavy atom. The second-order valence-corrected chi connectivity index (χ2v) is 0.461. The van der Waals surface area contributed by atoms with E-state index in [2.05, 4.69) is 0 Å². The molecular formula is CCuNTi. The molecule has 0 unspecified atom stereocenters. The zero-order valence-corrected chi connectivity index (χ0v) is 4.25. The van der Waals surface area contributed by atoms with Crippen LogP contribution in [0, 0.1) is 9.64 Å². The molecule has 3 heteroatoms. The Bertz CT molecular complexity index is 29.5. The Balaban J connectivity index is 0. The summed E-state index contributed by atoms with van der Waals surface area (Å²) in [5.74, 6) is 0. The molecule has 0 N–H and O–H groups in total. The van der Waals surface area contributed by atoms with Crippen molar-refractivity contribution in [1.82, 2.24) is 0 Å². The number of nitrogens with zero attached hydrogens (tertiary/aromatic N) is 1. The fraction of sp³-hybridized carbons (Fsp3) is 0. The zero-order chi connectivity index (χ0) is 2.71. The van der Waals surface area contributed by atoms with Gasteiger partial charge in [-0.1, -0.05) is 0 Å². The molecule has 0 aromatic rings. The maximum absolute atomic E-state index is 7.32. The van der Waals surface area contributed by atoms with E-state index in [9.17, 15) is 0 Å². The summed E-state index contributed by atoms with van der Waals surface area (Å²) in [6.07, 6.45) is 0. The van der Waals surface area contributed by atoms with Crippen LogP contribution in [0.1, 0.15) is 0 Å². The first-order valence-corrected chi connectivity index (χ1v) is 1.25. The molecule has 0 spiro atoms. The maximum Gasteiger partial charge on any atom is 0 e. The number of hydrogen-bond donors (Lipinski definition) is 0. The third-order valence-electron chi connectivity index (χ3n) is 0. The maximum atomic E-state index is 7.32. The summed E-state index contributed by atoms with van der Waals surface area (Å²) in [5, 5.41) is 7.32. The van der Waals surface area contributed by atoms with Crippen molar-refractivity contribution in [3.05, 3.63) is 0 Å². The molecule has 0 amide bonds. The van der Waals surface area contributed by atoms with E-state index < -0.39 is 0 Å². The molecule has 0 saturated heterocycles. The molecule has 0 atom stereocenters. The fourth-order valence-corrected chi connectivity index (χ4v) is 0. The summed E-state index contributed by atoms with van der Waals surface area (Å²) in [5.41, 5.74) is 0. The van der Waals surface area contributed by atoms with E-state index in [4.69, 9.17) is 5.26 Å². The van der Waals surface area contributed by atoms with E-state index in [1.54, 1.807) is 4.37 Å². The first-order chi connectivity index (χ1) is 1.41. The molecule has 4 heavy (non-hydrogen) atoms. The molecule has 0 aliphatic rings. The van der Waals surface area contributed by atoms with Gasteiger partial charge in [0, 0.05) is 17.1 Å². The van der Waals surface area contributed by atoms with Crippen LogP contribution in [0.3, 0.4) is 0 Å². The average molecular weight is 137 g/mol. The minimum absolute atomic E-state index is 0. The molecule has 0 rings (SSSR count). The van der Waals surface area contributed by atoms with Gasteiger partial charge in [0.25, 0.3) is 0 Å². The second-order valence-electron chi connectivity index (χ2n) is 0.112. The predicted molar refractivity (Wildman–Crippen MR) is 5.61 cm³/mol. The van der Waals surface area contributed by atoms with Gasteiger partial charge < -0.3 is 0 Å². The van der Waals surface area contributed by atoms with Crippen LogP contribution in [0.2, 0.25) is 0 Å². The topological polar surface area (TPSA) is 23.8 Å². The van der Waals surface area contributed by atoms with Crippen LogP contribution in [-0.2, 0) is 37.5 Å². The van der Waals surface area contributed by atoms with Gasteiger partial charge in [-0.05, 0) is 0 Å². The largest absolute Gasteiger partial charge is 0 e. The molecule has 0 fully saturated rings. The van der Waals surface area contributed by atoms with Gasteiger partial charge in [-0.25, -0.2) is 0 Å². The Labute approximate surface area is 47.3 Å². The van der Waals surface area contributed by atoms with E-state index in [1.165, 1.54) is 20.4 Å². The Morgan fingerprint density at radius 3 is 1.75 bits per heavy atom. The molecular weight excluding hydrogens is 137 g/mol. The van der Waals surface area contributed by atoms with Crippen molar-refractivity contribution in [3.8, 4) is 4.37 Å². The molecule has 0 aromatic carbocycles. The molecule has 0 aromatic heterocycles. The summed E-state index contributed by atoms with van der Waals surface area (Å²) in [4.78, 5) is 0. The first kappa shape index (κ1) is 8.83. The van der Waals surface area contributed by atoms with Gasteiger partial charge in [-0.3, -0.25) is 0 Å². The average Bonchev–Trinajstić information content (AvgIpc) is 0.918. The second kappa shape index (κ2) is 9.30. The van der Waals surface area contributed by atoms with Gasteiger partial charge in [0.05, 0.1) is 0 Å². The van der Waals surface area contributed by atoms with Gasteiger partial charge >= 0.3 is 30.1 Å². The Morgan fingerprint density at radius 1 is 1.75 bits per heavy atom. The minimum Gasteiger partial charge on any atom is 0 e. The van der Waals surface area contributed by atoms with Crippen LogP contribution in [-0.4, -0.2) is 0 Å². The molecule has 1 nitrogen and oxygen atoms in total. The minimum atomic E-state index is 0. The smallest absolute Gasteiger partial charge is 0 e. The number of hydrogen-bond acceptors (Lipinski definition) is 1. The number of rotatable bonds is 0. The third-order valence-corrected chi connectivity index (χ3v) is 0. The van der Waals surface area contributed by atoms with Gasteiger partial charge in [0.1, 0.15) is 0 Å². The Kier molecular flexibility index (Phi) is 20.5. The fourth-order valence-electron chi connectivity index (χ4n) is 0. The van der Waals surface area contributed by atoms with Crippen molar-refractivity contribution >= 4 is 0 Å². The summed E-state index contributed by atoms with van der Waals surface area (Å²) in [6, 6.07) is 0. The summed E-state index contributed by atoms with van der Waals surface area (Å²) in [7, 11) is 0. The van der Waals surface area contributed by atoms with Crippen molar-refractivity contribution in [2.45, 2.75) is 0 Å². The summed E-state index contributed by atoms with van der Waals surface area (Å²) >= 11 is 1.43. The van der Waals surface area contributed by atoms with Crippen molar-refractivity contribution in [3.63, 3.8) is 0 Å². The van der Waals surface area contributed by atoms with Crippen LogP contribution in [0.4, 0.5) is 0 Å². The van der Waals surface area contributed by atoms with Crippen molar-refractivity contribution in [2.24, 2.45) is 0 Å². The van der Waals surface area contributed by atoms with Crippen molar-refractivity contribution in [2.75, 3.05) is 0 Å². The quantitative estimate of drug-likeness (QED) is 0.432. The SMILES string of the molecule is N#[C][Ti].[Cu]. The van der Waals surface area contributed by atoms with Crippen LogP contribution in [0.25, 0.3) is 0 Å². The van der Waals surface area contributed by atoms with Crippen molar-refractivity contribution in [1.29, 1.82) is 5.26 Å². The van der Waals surface area contributed by atoms with Crippen LogP contribution in [0.5, 0.6) is 0 Å². The summed E-state index contributed by atoms with van der Waals surface area (Å²) < 4.78 is 1.75. The van der Waals surface area contributed by atoms with E-state index >= 15 is 0 Å². The van der Waals surface area contributed by atoms with Gasteiger partial charge in [0.2, 0.25) is 0 Å². The summed E-state index contributed by atoms with van der Waals surface area (Å²) in [6.45, 7) is 0. The predicted octanol–water partition coefficient (Wildman–Crippen LogP) is 0.0118. The standard InChI is InChI=1S/CN.Cu.Ti/c1-2;;. The molecule has 0 saturated carbocycles. The van der Waals surface area contributed by atoms with E-state index in [-0.39, 0.29) is 17.1 Å². The van der Waals surface area contributed by atoms with Gasteiger partial charge in [-0.2, -0.15) is 0 Å². The normalized spacial score (nSPS) is 1.50. The molecule has 0 bridgehead atoms. The van der Waals surface area contributed by atoms with Crippen LogP contribution >= 0.6 is 0 Å². The molecule has 1 radical (unpaired) electrons. The third kappa shape index (κ3) is 15.5. The van der Waals surface area contributed by atoms with E-state index in [0.29, 0.717) is 0 Å². The molecule has 0 aliphatic heterocycles. The van der Waals surface area contributed by atoms with E-state index in [0.717, 1.165) is 0 Å². The monoisotopic (exact) mass is 137 g/mol. The van der Waals surface area contributed by atoms with Gasteiger partial charge in [-0.15, -0.1) is 0 Å². The molecule has 0 heterocycles. The van der Waals surface area contributed by atoms with Crippen LogP contribution < -0.4 is 0 Å². The van der Waals surface area contributed by atoms with Gasteiger partial charge in [0.15, 0.2) is 0 Å².